The molecular weight excluding hydrogens is 400 g/mol. The van der Waals surface area contributed by atoms with Gasteiger partial charge in [0.05, 0.1) is 22.8 Å². The largest absolute Gasteiger partial charge is 0.348 e. The van der Waals surface area contributed by atoms with Gasteiger partial charge < -0.3 is 9.88 Å². The molecule has 0 spiro atoms. The summed E-state index contributed by atoms with van der Waals surface area (Å²) in [5.41, 5.74) is 3.82. The van der Waals surface area contributed by atoms with Crippen molar-refractivity contribution >= 4 is 16.9 Å². The second kappa shape index (κ2) is 10.0. The van der Waals surface area contributed by atoms with Crippen molar-refractivity contribution in [3.8, 4) is 0 Å². The van der Waals surface area contributed by atoms with Crippen LogP contribution in [0.3, 0.4) is 0 Å². The molecule has 32 heavy (non-hydrogen) atoms. The Kier molecular flexibility index (Phi) is 6.70. The molecule has 1 unspecified atom stereocenters. The van der Waals surface area contributed by atoms with Gasteiger partial charge in [0.1, 0.15) is 5.69 Å². The lowest BCUT2D eigenvalue weighted by atomic mass is 10.1. The number of pyridine rings is 1. The number of benzene rings is 2. The van der Waals surface area contributed by atoms with E-state index in [-0.39, 0.29) is 30.3 Å². The van der Waals surface area contributed by atoms with Crippen LogP contribution in [-0.2, 0) is 24.2 Å². The number of aryl methyl sites for hydroxylation is 3. The van der Waals surface area contributed by atoms with Crippen LogP contribution in [0.5, 0.6) is 0 Å². The van der Waals surface area contributed by atoms with Gasteiger partial charge in [-0.05, 0) is 43.2 Å². The summed E-state index contributed by atoms with van der Waals surface area (Å²) in [6.07, 6.45) is 2.93. The first-order valence-corrected chi connectivity index (χ1v) is 10.8. The highest BCUT2D eigenvalue weighted by molar-refractivity contribution is 5.77. The number of carbonyl (C=O) groups is 1. The number of rotatable bonds is 8. The summed E-state index contributed by atoms with van der Waals surface area (Å²) in [6, 6.07) is 23.1. The van der Waals surface area contributed by atoms with Gasteiger partial charge in [0.2, 0.25) is 5.91 Å². The lowest BCUT2D eigenvalue weighted by molar-refractivity contribution is -0.121. The van der Waals surface area contributed by atoms with E-state index in [1.807, 2.05) is 67.6 Å². The van der Waals surface area contributed by atoms with E-state index in [2.05, 4.69) is 27.4 Å². The van der Waals surface area contributed by atoms with Gasteiger partial charge in [-0.2, -0.15) is 0 Å². The number of amides is 1. The third kappa shape index (κ3) is 5.09. The molecule has 1 atom stereocenters. The topological polar surface area (TPSA) is 76.9 Å². The monoisotopic (exact) mass is 426 g/mol. The number of aromatic nitrogens is 3. The highest BCUT2D eigenvalue weighted by atomic mass is 16.1. The van der Waals surface area contributed by atoms with Crippen LogP contribution < -0.4 is 10.9 Å². The summed E-state index contributed by atoms with van der Waals surface area (Å²) in [5.74, 6) is -0.131. The van der Waals surface area contributed by atoms with Crippen LogP contribution in [0, 0.1) is 0 Å². The minimum atomic E-state index is -0.198. The van der Waals surface area contributed by atoms with Crippen LogP contribution in [-0.4, -0.2) is 20.4 Å². The molecule has 2 heterocycles. The molecule has 1 N–H and O–H groups in total. The molecular formula is C26H26N4O2. The molecule has 0 aliphatic carbocycles. The molecule has 0 radical (unpaired) electrons. The Morgan fingerprint density at radius 1 is 0.969 bits per heavy atom. The van der Waals surface area contributed by atoms with Crippen molar-refractivity contribution in [2.75, 3.05) is 0 Å². The Bertz CT molecular complexity index is 1250. The van der Waals surface area contributed by atoms with Gasteiger partial charge in [-0.3, -0.25) is 14.6 Å². The van der Waals surface area contributed by atoms with Crippen molar-refractivity contribution in [2.24, 2.45) is 0 Å². The molecule has 1 amide bonds. The molecule has 0 bridgehead atoms. The van der Waals surface area contributed by atoms with Crippen LogP contribution in [0.2, 0.25) is 0 Å². The highest BCUT2D eigenvalue weighted by Gasteiger charge is 2.15. The molecule has 162 valence electrons. The minimum absolute atomic E-state index is 0.131. The number of carbonyl (C=O) groups excluding carboxylic acids is 1. The van der Waals surface area contributed by atoms with Crippen molar-refractivity contribution in [1.29, 1.82) is 0 Å². The van der Waals surface area contributed by atoms with E-state index >= 15 is 0 Å². The number of hydrogen-bond donors (Lipinski definition) is 1. The van der Waals surface area contributed by atoms with Crippen LogP contribution >= 0.6 is 0 Å². The first kappa shape index (κ1) is 21.4. The summed E-state index contributed by atoms with van der Waals surface area (Å²) in [6.45, 7) is 2.45. The number of nitrogens with one attached hydrogen (secondary N) is 1. The molecule has 2 aromatic heterocycles. The average Bonchev–Trinajstić information content (AvgIpc) is 2.83. The van der Waals surface area contributed by atoms with Crippen molar-refractivity contribution in [1.82, 2.24) is 19.9 Å². The van der Waals surface area contributed by atoms with Crippen molar-refractivity contribution in [3.05, 3.63) is 106 Å². The van der Waals surface area contributed by atoms with Gasteiger partial charge in [-0.25, -0.2) is 4.98 Å². The van der Waals surface area contributed by atoms with E-state index in [1.54, 1.807) is 10.8 Å². The lowest BCUT2D eigenvalue weighted by Gasteiger charge is -2.14. The second-order valence-corrected chi connectivity index (χ2v) is 7.78. The fourth-order valence-corrected chi connectivity index (χ4v) is 3.77. The summed E-state index contributed by atoms with van der Waals surface area (Å²) in [7, 11) is 0. The summed E-state index contributed by atoms with van der Waals surface area (Å²) in [5, 5.41) is 2.95. The predicted octanol–water partition coefficient (Wildman–Crippen LogP) is 3.84. The van der Waals surface area contributed by atoms with Gasteiger partial charge in [0, 0.05) is 25.6 Å². The average molecular weight is 427 g/mol. The molecule has 0 fully saturated rings. The minimum Gasteiger partial charge on any atom is -0.348 e. The van der Waals surface area contributed by atoms with Crippen LogP contribution in [0.25, 0.3) is 11.0 Å². The van der Waals surface area contributed by atoms with Gasteiger partial charge in [-0.1, -0.05) is 48.5 Å². The van der Waals surface area contributed by atoms with E-state index in [4.69, 9.17) is 0 Å². The van der Waals surface area contributed by atoms with E-state index in [0.29, 0.717) is 12.2 Å². The van der Waals surface area contributed by atoms with Crippen LogP contribution in [0.15, 0.2) is 83.8 Å². The number of nitrogens with zero attached hydrogens (tertiary/aromatic N) is 3. The first-order valence-electron chi connectivity index (χ1n) is 10.8. The Hall–Kier alpha value is -3.80. The molecule has 4 rings (SSSR count). The third-order valence-corrected chi connectivity index (χ3v) is 5.48. The number of fused-ring (bicyclic) bond motifs is 1. The zero-order valence-electron chi connectivity index (χ0n) is 18.1. The van der Waals surface area contributed by atoms with E-state index in [1.165, 1.54) is 5.56 Å². The van der Waals surface area contributed by atoms with Crippen molar-refractivity contribution in [2.45, 2.75) is 38.8 Å². The summed E-state index contributed by atoms with van der Waals surface area (Å²) in [4.78, 5) is 34.6. The third-order valence-electron chi connectivity index (χ3n) is 5.48. The van der Waals surface area contributed by atoms with Crippen molar-refractivity contribution in [3.63, 3.8) is 0 Å². The predicted molar refractivity (Wildman–Crippen MR) is 125 cm³/mol. The van der Waals surface area contributed by atoms with Crippen molar-refractivity contribution < 1.29 is 4.79 Å². The van der Waals surface area contributed by atoms with Crippen LogP contribution in [0.4, 0.5) is 0 Å². The smallest absolute Gasteiger partial charge is 0.272 e. The summed E-state index contributed by atoms with van der Waals surface area (Å²) >= 11 is 0. The maximum atomic E-state index is 13.2. The zero-order valence-corrected chi connectivity index (χ0v) is 18.1. The molecule has 0 aliphatic rings. The van der Waals surface area contributed by atoms with Gasteiger partial charge in [0.15, 0.2) is 0 Å². The molecule has 0 saturated carbocycles. The highest BCUT2D eigenvalue weighted by Crippen LogP contribution is 2.13. The SMILES string of the molecule is CC(NC(=O)CCc1nc2ccccc2n(CCc2ccccc2)c1=O)c1ccccn1. The molecule has 2 aromatic carbocycles. The molecule has 6 heteroatoms. The quantitative estimate of drug-likeness (QED) is 0.464. The summed E-state index contributed by atoms with van der Waals surface area (Å²) < 4.78 is 1.78. The standard InChI is InChI=1S/C26H26N4O2/c1-19(21-11-7-8-17-27-21)28-25(31)15-14-23-26(32)30(18-16-20-9-3-2-4-10-20)24-13-6-5-12-22(24)29-23/h2-13,17,19H,14-16,18H2,1H3,(H,28,31). The molecule has 0 saturated heterocycles. The fourth-order valence-electron chi connectivity index (χ4n) is 3.77. The Labute approximate surface area is 187 Å². The Morgan fingerprint density at radius 2 is 1.72 bits per heavy atom. The molecule has 6 nitrogen and oxygen atoms in total. The van der Waals surface area contributed by atoms with Gasteiger partial charge in [-0.15, -0.1) is 0 Å². The first-order chi connectivity index (χ1) is 15.6. The van der Waals surface area contributed by atoms with E-state index in [9.17, 15) is 9.59 Å². The zero-order chi connectivity index (χ0) is 22.3. The lowest BCUT2D eigenvalue weighted by Crippen LogP contribution is -2.30. The maximum absolute atomic E-state index is 13.2. The number of hydrogen-bond acceptors (Lipinski definition) is 4. The van der Waals surface area contributed by atoms with Gasteiger partial charge in [0.25, 0.3) is 5.56 Å². The number of para-hydroxylation sites is 2. The molecule has 4 aromatic rings. The van der Waals surface area contributed by atoms with E-state index in [0.717, 1.165) is 23.1 Å². The molecule has 0 aliphatic heterocycles. The Balaban J connectivity index is 1.50. The Morgan fingerprint density at radius 3 is 2.50 bits per heavy atom. The van der Waals surface area contributed by atoms with Gasteiger partial charge >= 0.3 is 0 Å². The fraction of sp³-hybridized carbons (Fsp3) is 0.231. The van der Waals surface area contributed by atoms with E-state index < -0.39 is 0 Å². The van der Waals surface area contributed by atoms with Crippen LogP contribution in [0.1, 0.15) is 36.3 Å². The second-order valence-electron chi connectivity index (χ2n) is 7.78. The normalized spacial score (nSPS) is 11.9. The maximum Gasteiger partial charge on any atom is 0.272 e.